The van der Waals surface area contributed by atoms with Crippen molar-refractivity contribution in [1.82, 2.24) is 9.29 Å². The summed E-state index contributed by atoms with van der Waals surface area (Å²) in [5.74, 6) is 0. The van der Waals surface area contributed by atoms with Gasteiger partial charge in [0.15, 0.2) is 0 Å². The third-order valence-electron chi connectivity index (χ3n) is 3.21. The molecule has 0 aliphatic rings. The van der Waals surface area contributed by atoms with Crippen LogP contribution >= 0.6 is 27.9 Å². The van der Waals surface area contributed by atoms with Gasteiger partial charge in [0.1, 0.15) is 0 Å². The number of nitrogens with zero attached hydrogens (tertiary/aromatic N) is 1. The van der Waals surface area contributed by atoms with E-state index in [4.69, 9.17) is 0 Å². The Bertz CT molecular complexity index is 672. The number of fused-ring (bicyclic) bond motifs is 1. The van der Waals surface area contributed by atoms with E-state index in [0.29, 0.717) is 0 Å². The molecule has 0 aliphatic carbocycles. The third kappa shape index (κ3) is 8.09. The van der Waals surface area contributed by atoms with E-state index in [-0.39, 0.29) is 10.2 Å². The zero-order chi connectivity index (χ0) is 19.3. The van der Waals surface area contributed by atoms with Crippen LogP contribution in [0.3, 0.4) is 0 Å². The normalized spacial score (nSPS) is 12.2. The van der Waals surface area contributed by atoms with E-state index in [0.717, 1.165) is 17.6 Å². The van der Waals surface area contributed by atoms with Gasteiger partial charge in [0.05, 0.1) is 0 Å². The first-order valence-corrected chi connectivity index (χ1v) is 9.88. The molecule has 2 rings (SSSR count). The highest BCUT2D eigenvalue weighted by molar-refractivity contribution is 9.10. The minimum atomic E-state index is -1.75. The molecule has 0 fully saturated rings. The van der Waals surface area contributed by atoms with Crippen LogP contribution in [0, 0.1) is 5.41 Å². The number of alkyl halides is 2. The molecule has 6 heteroatoms. The Morgan fingerprint density at radius 2 is 1.72 bits per heavy atom. The maximum absolute atomic E-state index is 9.62. The monoisotopic (exact) mass is 434 g/mol. The lowest BCUT2D eigenvalue weighted by atomic mass is 9.97. The Labute approximate surface area is 163 Å². The van der Waals surface area contributed by atoms with E-state index in [1.54, 1.807) is 11.9 Å². The van der Waals surface area contributed by atoms with Crippen molar-refractivity contribution in [1.29, 1.82) is 0 Å². The first-order chi connectivity index (χ1) is 11.5. The summed E-state index contributed by atoms with van der Waals surface area (Å²) in [7, 11) is 0. The average molecular weight is 435 g/mol. The summed E-state index contributed by atoms with van der Waals surface area (Å²) in [5.41, 5.74) is 2.93. The van der Waals surface area contributed by atoms with Crippen molar-refractivity contribution in [3.8, 4) is 0 Å². The van der Waals surface area contributed by atoms with Crippen LogP contribution in [0.4, 0.5) is 8.78 Å². The smallest absolute Gasteiger partial charge is 0.229 e. The summed E-state index contributed by atoms with van der Waals surface area (Å²) < 4.78 is 26.5. The Hall–Kier alpha value is -0.590. The Kier molecular flexibility index (Phi) is 8.42. The van der Waals surface area contributed by atoms with Gasteiger partial charge in [-0.1, -0.05) is 54.7 Å². The van der Waals surface area contributed by atoms with Crippen LogP contribution in [-0.4, -0.2) is 16.2 Å². The molecule has 25 heavy (non-hydrogen) atoms. The summed E-state index contributed by atoms with van der Waals surface area (Å²) in [5, 5.41) is 1.34. The highest BCUT2D eigenvalue weighted by Gasteiger charge is 2.16. The molecule has 1 aromatic heterocycles. The second-order valence-electron chi connectivity index (χ2n) is 8.14. The molecule has 0 saturated carbocycles. The summed E-state index contributed by atoms with van der Waals surface area (Å²) in [6, 6.07) is 6.57. The van der Waals surface area contributed by atoms with Crippen LogP contribution in [-0.2, 0) is 13.1 Å². The molecule has 0 bridgehead atoms. The van der Waals surface area contributed by atoms with E-state index < -0.39 is 6.93 Å². The topological polar surface area (TPSA) is 17.0 Å². The highest BCUT2D eigenvalue weighted by atomic mass is 79.9. The lowest BCUT2D eigenvalue weighted by Gasteiger charge is -2.20. The number of hydrogen-bond acceptors (Lipinski definition) is 2. The van der Waals surface area contributed by atoms with E-state index in [2.05, 4.69) is 91.2 Å². The van der Waals surface area contributed by atoms with Crippen molar-refractivity contribution < 1.29 is 8.78 Å². The second kappa shape index (κ2) is 9.38. The van der Waals surface area contributed by atoms with Gasteiger partial charge < -0.3 is 4.57 Å². The SMILES string of the molecule is CC(C)(C)Cn1cc(CNSC(C)(C)C)c2ccc(Br)cc21.FCF. The van der Waals surface area contributed by atoms with Crippen LogP contribution in [0.15, 0.2) is 28.9 Å². The maximum atomic E-state index is 9.62. The summed E-state index contributed by atoms with van der Waals surface area (Å²) >= 11 is 5.40. The highest BCUT2D eigenvalue weighted by Crippen LogP contribution is 2.29. The Morgan fingerprint density at radius 1 is 1.12 bits per heavy atom. The zero-order valence-corrected chi connectivity index (χ0v) is 18.3. The minimum absolute atomic E-state index is 0.229. The summed E-state index contributed by atoms with van der Waals surface area (Å²) in [6.45, 7) is 13.7. The standard InChI is InChI=1S/C18H27BrN2S.CH2F2/c1-17(2,3)12-21-11-13(10-20-22-18(4,5)6)15-8-7-14(19)9-16(15)21;2-1-3/h7-9,11,20H,10,12H2,1-6H3;1H2. The lowest BCUT2D eigenvalue weighted by molar-refractivity contribution is 0.295. The van der Waals surface area contributed by atoms with Crippen molar-refractivity contribution in [2.24, 2.45) is 5.41 Å². The Morgan fingerprint density at radius 3 is 2.24 bits per heavy atom. The number of benzene rings is 1. The molecule has 0 atom stereocenters. The largest absolute Gasteiger partial charge is 0.347 e. The van der Waals surface area contributed by atoms with Crippen LogP contribution in [0.5, 0.6) is 0 Å². The molecule has 0 unspecified atom stereocenters. The van der Waals surface area contributed by atoms with Gasteiger partial charge in [-0.3, -0.25) is 4.72 Å². The van der Waals surface area contributed by atoms with E-state index in [9.17, 15) is 8.78 Å². The molecule has 142 valence electrons. The van der Waals surface area contributed by atoms with Gasteiger partial charge in [0.2, 0.25) is 6.93 Å². The van der Waals surface area contributed by atoms with E-state index in [1.165, 1.54) is 16.5 Å². The van der Waals surface area contributed by atoms with Crippen molar-refractivity contribution in [2.75, 3.05) is 6.93 Å². The molecule has 0 radical (unpaired) electrons. The van der Waals surface area contributed by atoms with Crippen LogP contribution < -0.4 is 4.72 Å². The Balaban J connectivity index is 0.000000970. The minimum Gasteiger partial charge on any atom is -0.347 e. The fourth-order valence-electron chi connectivity index (χ4n) is 2.45. The molecular formula is C19H29BrF2N2S. The van der Waals surface area contributed by atoms with Crippen molar-refractivity contribution in [3.05, 3.63) is 34.4 Å². The molecule has 1 aromatic carbocycles. The van der Waals surface area contributed by atoms with Crippen molar-refractivity contribution in [3.63, 3.8) is 0 Å². The van der Waals surface area contributed by atoms with Crippen LogP contribution in [0.25, 0.3) is 10.9 Å². The van der Waals surface area contributed by atoms with Gasteiger partial charge in [-0.25, -0.2) is 8.78 Å². The van der Waals surface area contributed by atoms with Gasteiger partial charge in [-0.05, 0) is 43.9 Å². The number of halogens is 3. The summed E-state index contributed by atoms with van der Waals surface area (Å²) in [6.07, 6.45) is 2.30. The molecule has 1 heterocycles. The molecular weight excluding hydrogens is 406 g/mol. The second-order valence-corrected chi connectivity index (χ2v) is 10.8. The summed E-state index contributed by atoms with van der Waals surface area (Å²) in [4.78, 5) is 0. The van der Waals surface area contributed by atoms with Gasteiger partial charge in [0, 0.05) is 39.4 Å². The molecule has 0 amide bonds. The van der Waals surface area contributed by atoms with Gasteiger partial charge in [-0.15, -0.1) is 0 Å². The molecule has 0 saturated heterocycles. The molecule has 1 N–H and O–H groups in total. The fourth-order valence-corrected chi connectivity index (χ4v) is 3.46. The van der Waals surface area contributed by atoms with Crippen LogP contribution in [0.1, 0.15) is 47.1 Å². The van der Waals surface area contributed by atoms with Gasteiger partial charge >= 0.3 is 0 Å². The lowest BCUT2D eigenvalue weighted by Crippen LogP contribution is -2.16. The van der Waals surface area contributed by atoms with E-state index >= 15 is 0 Å². The molecule has 0 aliphatic heterocycles. The number of rotatable bonds is 4. The quantitative estimate of drug-likeness (QED) is 0.528. The predicted molar refractivity (Wildman–Crippen MR) is 110 cm³/mol. The third-order valence-corrected chi connectivity index (χ3v) is 4.61. The van der Waals surface area contributed by atoms with E-state index in [1.807, 2.05) is 0 Å². The van der Waals surface area contributed by atoms with Crippen LogP contribution in [0.2, 0.25) is 0 Å². The average Bonchev–Trinajstić information content (AvgIpc) is 2.74. The predicted octanol–water partition coefficient (Wildman–Crippen LogP) is 6.87. The first-order valence-electron chi connectivity index (χ1n) is 8.27. The fraction of sp³-hybridized carbons (Fsp3) is 0.579. The van der Waals surface area contributed by atoms with Crippen molar-refractivity contribution >= 4 is 38.8 Å². The number of nitrogens with one attached hydrogen (secondary N) is 1. The maximum Gasteiger partial charge on any atom is 0.229 e. The van der Waals surface area contributed by atoms with Gasteiger partial charge in [-0.2, -0.15) is 0 Å². The molecule has 2 aromatic rings. The first kappa shape index (κ1) is 22.5. The zero-order valence-electron chi connectivity index (χ0n) is 15.9. The number of hydrogen-bond donors (Lipinski definition) is 1. The molecule has 2 nitrogen and oxygen atoms in total. The van der Waals surface area contributed by atoms with Gasteiger partial charge in [0.25, 0.3) is 0 Å². The molecule has 0 spiro atoms. The van der Waals surface area contributed by atoms with Crippen molar-refractivity contribution in [2.45, 2.75) is 59.4 Å². The number of aromatic nitrogens is 1.